The van der Waals surface area contributed by atoms with E-state index in [4.69, 9.17) is 4.74 Å². The molecule has 1 saturated heterocycles. The summed E-state index contributed by atoms with van der Waals surface area (Å²) in [6.45, 7) is 2.97. The molecule has 0 spiro atoms. The Bertz CT molecular complexity index is 675. The van der Waals surface area contributed by atoms with Crippen molar-refractivity contribution in [3.05, 3.63) is 29.8 Å². The number of nitrogens with zero attached hydrogens (tertiary/aromatic N) is 2. The number of para-hydroxylation sites is 1. The minimum atomic E-state index is 0.0452. The van der Waals surface area contributed by atoms with Crippen LogP contribution in [0.5, 0.6) is 5.75 Å². The number of nitrogens with one attached hydrogen (secondary N) is 2. The van der Waals surface area contributed by atoms with E-state index >= 15 is 0 Å². The summed E-state index contributed by atoms with van der Waals surface area (Å²) in [5.41, 5.74) is 1.28. The van der Waals surface area contributed by atoms with E-state index in [1.54, 1.807) is 19.1 Å². The van der Waals surface area contributed by atoms with Gasteiger partial charge in [0.1, 0.15) is 5.75 Å². The van der Waals surface area contributed by atoms with Crippen LogP contribution in [0.1, 0.15) is 31.7 Å². The van der Waals surface area contributed by atoms with Crippen LogP contribution >= 0.6 is 0 Å². The van der Waals surface area contributed by atoms with Crippen LogP contribution in [0, 0.1) is 0 Å². The number of hydrogen-bond acceptors (Lipinski definition) is 3. The van der Waals surface area contributed by atoms with Gasteiger partial charge in [0.25, 0.3) is 0 Å². The summed E-state index contributed by atoms with van der Waals surface area (Å²) in [5, 5.41) is 6.99. The third-order valence-corrected chi connectivity index (χ3v) is 5.46. The number of rotatable bonds is 4. The van der Waals surface area contributed by atoms with Crippen molar-refractivity contribution in [2.45, 2.75) is 43.7 Å². The van der Waals surface area contributed by atoms with E-state index in [9.17, 15) is 4.79 Å². The van der Waals surface area contributed by atoms with E-state index in [0.717, 1.165) is 24.6 Å². The Morgan fingerprint density at radius 2 is 2.12 bits per heavy atom. The molecule has 1 amide bonds. The molecule has 1 aliphatic carbocycles. The first-order chi connectivity index (χ1) is 12.0. The van der Waals surface area contributed by atoms with Crippen molar-refractivity contribution in [1.29, 1.82) is 0 Å². The monoisotopic (exact) mass is 344 g/mol. The Balaban J connectivity index is 1.61. The molecular weight excluding hydrogens is 316 g/mol. The average molecular weight is 344 g/mol. The van der Waals surface area contributed by atoms with Gasteiger partial charge in [-0.15, -0.1) is 0 Å². The fourth-order valence-corrected chi connectivity index (χ4v) is 3.65. The minimum absolute atomic E-state index is 0.0452. The van der Waals surface area contributed by atoms with Crippen LogP contribution in [0.25, 0.3) is 0 Å². The molecule has 2 N–H and O–H groups in total. The van der Waals surface area contributed by atoms with Crippen molar-refractivity contribution < 1.29 is 9.53 Å². The Kier molecular flexibility index (Phi) is 4.88. The van der Waals surface area contributed by atoms with E-state index in [-0.39, 0.29) is 17.4 Å². The zero-order chi connectivity index (χ0) is 18.0. The van der Waals surface area contributed by atoms with Gasteiger partial charge in [0.15, 0.2) is 5.96 Å². The van der Waals surface area contributed by atoms with Gasteiger partial charge in [0.05, 0.1) is 7.11 Å². The maximum absolute atomic E-state index is 11.6. The summed E-state index contributed by atoms with van der Waals surface area (Å²) in [6.07, 6.45) is 2.48. The molecule has 3 atom stereocenters. The lowest BCUT2D eigenvalue weighted by Gasteiger charge is -2.31. The topological polar surface area (TPSA) is 66.0 Å². The number of amides is 1. The molecule has 136 valence electrons. The molecule has 1 aromatic carbocycles. The average Bonchev–Trinajstić information content (AvgIpc) is 3.28. The molecule has 0 bridgehead atoms. The van der Waals surface area contributed by atoms with Crippen LogP contribution in [0.2, 0.25) is 0 Å². The summed E-state index contributed by atoms with van der Waals surface area (Å²) in [5.74, 6) is 1.95. The molecular formula is C19H28N4O2. The maximum Gasteiger partial charge on any atom is 0.222 e. The zero-order valence-corrected chi connectivity index (χ0v) is 15.5. The van der Waals surface area contributed by atoms with Gasteiger partial charge in [-0.05, 0) is 18.9 Å². The Labute approximate surface area is 149 Å². The maximum atomic E-state index is 11.6. The first-order valence-electron chi connectivity index (χ1n) is 8.85. The number of likely N-dealkylation sites (N-methyl/N-ethyl adjacent to an activating group) is 1. The van der Waals surface area contributed by atoms with Crippen LogP contribution < -0.4 is 15.4 Å². The van der Waals surface area contributed by atoms with Gasteiger partial charge in [-0.1, -0.05) is 25.1 Å². The summed E-state index contributed by atoms with van der Waals surface area (Å²) in [6, 6.07) is 8.76. The van der Waals surface area contributed by atoms with Crippen LogP contribution in [0.3, 0.4) is 0 Å². The molecule has 3 unspecified atom stereocenters. The molecule has 1 saturated carbocycles. The first kappa shape index (κ1) is 17.6. The number of hydrogen-bond donors (Lipinski definition) is 2. The number of methoxy groups -OCH3 is 1. The van der Waals surface area contributed by atoms with E-state index in [1.807, 2.05) is 19.2 Å². The second-order valence-corrected chi connectivity index (χ2v) is 7.25. The second kappa shape index (κ2) is 6.94. The van der Waals surface area contributed by atoms with Gasteiger partial charge in [-0.2, -0.15) is 0 Å². The Morgan fingerprint density at radius 3 is 2.80 bits per heavy atom. The van der Waals surface area contributed by atoms with Gasteiger partial charge in [-0.25, -0.2) is 0 Å². The van der Waals surface area contributed by atoms with Crippen molar-refractivity contribution >= 4 is 11.9 Å². The zero-order valence-electron chi connectivity index (χ0n) is 15.5. The van der Waals surface area contributed by atoms with Gasteiger partial charge in [0, 0.05) is 50.1 Å². The highest BCUT2D eigenvalue weighted by Crippen LogP contribution is 2.50. The molecule has 1 aromatic rings. The van der Waals surface area contributed by atoms with Crippen LogP contribution in [0.4, 0.5) is 0 Å². The smallest absolute Gasteiger partial charge is 0.222 e. The first-order valence-corrected chi connectivity index (χ1v) is 8.85. The van der Waals surface area contributed by atoms with Crippen molar-refractivity contribution in [2.24, 2.45) is 4.99 Å². The highest BCUT2D eigenvalue weighted by atomic mass is 16.5. The number of piperidine rings is 1. The molecule has 2 fully saturated rings. The Morgan fingerprint density at radius 1 is 1.36 bits per heavy atom. The lowest BCUT2D eigenvalue weighted by molar-refractivity contribution is -0.132. The van der Waals surface area contributed by atoms with Crippen molar-refractivity contribution in [2.75, 3.05) is 27.7 Å². The lowest BCUT2D eigenvalue weighted by atomic mass is 9.96. The highest BCUT2D eigenvalue weighted by Gasteiger charge is 2.53. The van der Waals surface area contributed by atoms with Gasteiger partial charge < -0.3 is 20.3 Å². The molecule has 1 heterocycles. The normalized spacial score (nSPS) is 29.4. The molecule has 3 rings (SSSR count). The highest BCUT2D eigenvalue weighted by molar-refractivity contribution is 5.82. The van der Waals surface area contributed by atoms with Crippen LogP contribution in [0.15, 0.2) is 29.3 Å². The summed E-state index contributed by atoms with van der Waals surface area (Å²) in [7, 11) is 5.36. The number of carbonyl (C=O) groups is 1. The van der Waals surface area contributed by atoms with Crippen LogP contribution in [-0.4, -0.2) is 56.6 Å². The van der Waals surface area contributed by atoms with E-state index in [1.165, 1.54) is 5.56 Å². The predicted molar refractivity (Wildman–Crippen MR) is 99.0 cm³/mol. The quantitative estimate of drug-likeness (QED) is 0.642. The number of guanidine groups is 1. The summed E-state index contributed by atoms with van der Waals surface area (Å²) in [4.78, 5) is 17.8. The number of likely N-dealkylation sites (tertiary alicyclic amines) is 1. The SMILES string of the molecule is CN=C(NC1CCC(=O)N(C)C1)NC1CC1(C)c1ccccc1OC. The molecule has 6 nitrogen and oxygen atoms in total. The van der Waals surface area contributed by atoms with Gasteiger partial charge in [-0.3, -0.25) is 9.79 Å². The number of benzene rings is 1. The molecule has 6 heteroatoms. The molecule has 1 aliphatic heterocycles. The molecule has 25 heavy (non-hydrogen) atoms. The molecule has 2 aliphatic rings. The third kappa shape index (κ3) is 3.57. The largest absolute Gasteiger partial charge is 0.496 e. The van der Waals surface area contributed by atoms with Gasteiger partial charge in [0.2, 0.25) is 5.91 Å². The molecule has 0 aromatic heterocycles. The fourth-order valence-electron chi connectivity index (χ4n) is 3.65. The fraction of sp³-hybridized carbons (Fsp3) is 0.579. The standard InChI is InChI=1S/C19H28N4O2/c1-19(14-7-5-6-8-15(14)25-4)11-16(19)22-18(20-2)21-13-9-10-17(24)23(3)12-13/h5-8,13,16H,9-12H2,1-4H3,(H2,20,21,22). The lowest BCUT2D eigenvalue weighted by Crippen LogP contribution is -2.52. The second-order valence-electron chi connectivity index (χ2n) is 7.25. The third-order valence-electron chi connectivity index (χ3n) is 5.46. The predicted octanol–water partition coefficient (Wildman–Crippen LogP) is 1.51. The van der Waals surface area contributed by atoms with Crippen molar-refractivity contribution in [3.8, 4) is 5.75 Å². The van der Waals surface area contributed by atoms with Crippen LogP contribution in [-0.2, 0) is 10.2 Å². The summed E-state index contributed by atoms with van der Waals surface area (Å²) < 4.78 is 5.52. The summed E-state index contributed by atoms with van der Waals surface area (Å²) >= 11 is 0. The van der Waals surface area contributed by atoms with E-state index in [0.29, 0.717) is 19.0 Å². The Hall–Kier alpha value is -2.24. The number of carbonyl (C=O) groups excluding carboxylic acids is 1. The number of ether oxygens (including phenoxy) is 1. The van der Waals surface area contributed by atoms with E-state index in [2.05, 4.69) is 34.7 Å². The van der Waals surface area contributed by atoms with E-state index < -0.39 is 0 Å². The minimum Gasteiger partial charge on any atom is -0.496 e. The van der Waals surface area contributed by atoms with Gasteiger partial charge >= 0.3 is 0 Å². The molecule has 0 radical (unpaired) electrons. The number of aliphatic imine (C=N–C) groups is 1. The van der Waals surface area contributed by atoms with Crippen molar-refractivity contribution in [1.82, 2.24) is 15.5 Å². The van der Waals surface area contributed by atoms with Crippen molar-refractivity contribution in [3.63, 3.8) is 0 Å².